The molecule has 0 saturated heterocycles. The van der Waals surface area contributed by atoms with E-state index in [1.807, 2.05) is 24.3 Å². The zero-order chi connectivity index (χ0) is 16.7. The third kappa shape index (κ3) is 2.92. The molecule has 0 spiro atoms. The summed E-state index contributed by atoms with van der Waals surface area (Å²) in [6.45, 7) is 0.476. The third-order valence-corrected chi connectivity index (χ3v) is 6.55. The monoisotopic (exact) mass is 328 g/mol. The Balaban J connectivity index is 1.40. The quantitative estimate of drug-likeness (QED) is 0.899. The van der Waals surface area contributed by atoms with Gasteiger partial charge < -0.3 is 10.1 Å². The number of nitrogens with one attached hydrogen (secondary N) is 1. The van der Waals surface area contributed by atoms with Gasteiger partial charge >= 0.3 is 0 Å². The summed E-state index contributed by atoms with van der Waals surface area (Å²) in [7, 11) is 3.79. The van der Waals surface area contributed by atoms with E-state index in [9.17, 15) is 4.79 Å². The number of carbonyl (C=O) groups is 1. The molecule has 1 N–H and O–H groups in total. The molecule has 4 nitrogen and oxygen atoms in total. The Labute approximate surface area is 144 Å². The van der Waals surface area contributed by atoms with E-state index in [0.717, 1.165) is 29.2 Å². The van der Waals surface area contributed by atoms with Crippen molar-refractivity contribution in [1.29, 1.82) is 0 Å². The van der Waals surface area contributed by atoms with Gasteiger partial charge in [0.15, 0.2) is 0 Å². The van der Waals surface area contributed by atoms with E-state index in [1.165, 1.54) is 38.5 Å². The van der Waals surface area contributed by atoms with Gasteiger partial charge in [-0.2, -0.15) is 0 Å². The Morgan fingerprint density at radius 3 is 2.42 bits per heavy atom. The van der Waals surface area contributed by atoms with E-state index in [2.05, 4.69) is 17.3 Å². The minimum absolute atomic E-state index is 0.0708. The van der Waals surface area contributed by atoms with Crippen LogP contribution in [0, 0.1) is 17.8 Å². The maximum Gasteiger partial charge on any atom is 0.238 e. The van der Waals surface area contributed by atoms with E-state index < -0.39 is 0 Å². The van der Waals surface area contributed by atoms with E-state index >= 15 is 0 Å². The SMILES string of the molecule is COc1cccc(NC(=O)CN(C)C23CC4CC(CC(C4)C2)C3)c1. The number of methoxy groups -OCH3 is 1. The molecule has 1 aromatic carbocycles. The zero-order valence-electron chi connectivity index (χ0n) is 14.8. The third-order valence-electron chi connectivity index (χ3n) is 6.55. The molecule has 0 atom stereocenters. The van der Waals surface area contributed by atoms with Gasteiger partial charge in [-0.15, -0.1) is 0 Å². The normalized spacial score (nSPS) is 33.7. The van der Waals surface area contributed by atoms with E-state index in [-0.39, 0.29) is 11.4 Å². The van der Waals surface area contributed by atoms with Crippen molar-refractivity contribution in [1.82, 2.24) is 4.90 Å². The highest BCUT2D eigenvalue weighted by Crippen LogP contribution is 2.57. The number of rotatable bonds is 5. The number of likely N-dealkylation sites (N-methyl/N-ethyl adjacent to an activating group) is 1. The lowest BCUT2D eigenvalue weighted by atomic mass is 9.52. The van der Waals surface area contributed by atoms with Crippen molar-refractivity contribution < 1.29 is 9.53 Å². The van der Waals surface area contributed by atoms with Crippen molar-refractivity contribution in [2.75, 3.05) is 26.0 Å². The lowest BCUT2D eigenvalue weighted by Gasteiger charge is -2.59. The number of carbonyl (C=O) groups excluding carboxylic acids is 1. The van der Waals surface area contributed by atoms with Crippen molar-refractivity contribution in [2.45, 2.75) is 44.1 Å². The first-order valence-corrected chi connectivity index (χ1v) is 9.21. The summed E-state index contributed by atoms with van der Waals surface area (Å²) in [5.41, 5.74) is 1.08. The lowest BCUT2D eigenvalue weighted by Crippen LogP contribution is -2.59. The maximum absolute atomic E-state index is 12.5. The molecule has 1 aromatic rings. The van der Waals surface area contributed by atoms with Crippen LogP contribution in [-0.4, -0.2) is 37.0 Å². The van der Waals surface area contributed by atoms with Gasteiger partial charge in [-0.1, -0.05) is 6.07 Å². The van der Waals surface area contributed by atoms with Crippen molar-refractivity contribution in [3.8, 4) is 5.75 Å². The van der Waals surface area contributed by atoms with Gasteiger partial charge in [0.1, 0.15) is 5.75 Å². The first-order valence-electron chi connectivity index (χ1n) is 9.21. The van der Waals surface area contributed by atoms with Crippen LogP contribution >= 0.6 is 0 Å². The molecule has 1 amide bonds. The average molecular weight is 328 g/mol. The van der Waals surface area contributed by atoms with Crippen LogP contribution in [0.15, 0.2) is 24.3 Å². The Kier molecular flexibility index (Phi) is 4.03. The fraction of sp³-hybridized carbons (Fsp3) is 0.650. The highest BCUT2D eigenvalue weighted by Gasteiger charge is 2.52. The summed E-state index contributed by atoms with van der Waals surface area (Å²) in [6, 6.07) is 7.56. The van der Waals surface area contributed by atoms with E-state index in [0.29, 0.717) is 6.54 Å². The minimum atomic E-state index is 0.0708. The predicted octanol–water partition coefficient (Wildman–Crippen LogP) is 3.53. The largest absolute Gasteiger partial charge is 0.497 e. The molecule has 4 heteroatoms. The second-order valence-electron chi connectivity index (χ2n) is 8.28. The Morgan fingerprint density at radius 1 is 1.21 bits per heavy atom. The van der Waals surface area contributed by atoms with Gasteiger partial charge in [-0.05, 0) is 75.5 Å². The smallest absolute Gasteiger partial charge is 0.238 e. The van der Waals surface area contributed by atoms with E-state index in [1.54, 1.807) is 7.11 Å². The number of ether oxygens (including phenoxy) is 1. The molecule has 0 radical (unpaired) electrons. The number of anilines is 1. The molecule has 5 rings (SSSR count). The van der Waals surface area contributed by atoms with Crippen molar-refractivity contribution in [2.24, 2.45) is 17.8 Å². The first kappa shape index (κ1) is 15.9. The molecule has 4 aliphatic carbocycles. The average Bonchev–Trinajstić information content (AvgIpc) is 2.53. The minimum Gasteiger partial charge on any atom is -0.497 e. The van der Waals surface area contributed by atoms with Crippen molar-refractivity contribution >= 4 is 11.6 Å². The predicted molar refractivity (Wildman–Crippen MR) is 95.2 cm³/mol. The summed E-state index contributed by atoms with van der Waals surface area (Å²) in [5, 5.41) is 3.02. The second-order valence-corrected chi connectivity index (χ2v) is 8.28. The molecular weight excluding hydrogens is 300 g/mol. The fourth-order valence-corrected chi connectivity index (χ4v) is 5.82. The molecule has 4 bridgehead atoms. The summed E-state index contributed by atoms with van der Waals surface area (Å²) < 4.78 is 5.22. The molecule has 130 valence electrons. The van der Waals surface area contributed by atoms with Crippen LogP contribution in [0.3, 0.4) is 0 Å². The van der Waals surface area contributed by atoms with Crippen LogP contribution in [0.4, 0.5) is 5.69 Å². The highest BCUT2D eigenvalue weighted by molar-refractivity contribution is 5.92. The van der Waals surface area contributed by atoms with Crippen LogP contribution in [0.2, 0.25) is 0 Å². The Bertz CT molecular complexity index is 593. The maximum atomic E-state index is 12.5. The lowest BCUT2D eigenvalue weighted by molar-refractivity contribution is -0.123. The number of benzene rings is 1. The van der Waals surface area contributed by atoms with Crippen LogP contribution in [0.5, 0.6) is 5.75 Å². The fourth-order valence-electron chi connectivity index (χ4n) is 5.82. The molecule has 4 aliphatic rings. The molecule has 0 heterocycles. The summed E-state index contributed by atoms with van der Waals surface area (Å²) >= 11 is 0. The van der Waals surface area contributed by atoms with Crippen LogP contribution in [0.1, 0.15) is 38.5 Å². The number of hydrogen-bond donors (Lipinski definition) is 1. The Morgan fingerprint density at radius 2 is 1.83 bits per heavy atom. The van der Waals surface area contributed by atoms with Gasteiger partial charge in [-0.3, -0.25) is 9.69 Å². The second kappa shape index (κ2) is 6.07. The highest BCUT2D eigenvalue weighted by atomic mass is 16.5. The topological polar surface area (TPSA) is 41.6 Å². The molecular formula is C20H28N2O2. The summed E-state index contributed by atoms with van der Waals surface area (Å²) in [6.07, 6.45) is 8.18. The van der Waals surface area contributed by atoms with Gasteiger partial charge in [0, 0.05) is 17.3 Å². The number of hydrogen-bond acceptors (Lipinski definition) is 3. The summed E-state index contributed by atoms with van der Waals surface area (Å²) in [4.78, 5) is 14.9. The van der Waals surface area contributed by atoms with Gasteiger partial charge in [0.2, 0.25) is 5.91 Å². The first-order chi connectivity index (χ1) is 11.6. The standard InChI is InChI=1S/C20H28N2O2/c1-22(13-19(23)21-17-4-3-5-18(9-17)24-2)20-10-14-6-15(11-20)8-16(7-14)12-20/h3-5,9,14-16H,6-8,10-13H2,1-2H3,(H,21,23). The van der Waals surface area contributed by atoms with E-state index in [4.69, 9.17) is 4.74 Å². The number of nitrogens with zero attached hydrogens (tertiary/aromatic N) is 1. The van der Waals surface area contributed by atoms with Gasteiger partial charge in [-0.25, -0.2) is 0 Å². The van der Waals surface area contributed by atoms with Crippen LogP contribution in [0.25, 0.3) is 0 Å². The molecule has 0 unspecified atom stereocenters. The molecule has 24 heavy (non-hydrogen) atoms. The van der Waals surface area contributed by atoms with Crippen LogP contribution < -0.4 is 10.1 Å². The molecule has 0 aromatic heterocycles. The van der Waals surface area contributed by atoms with Gasteiger partial charge in [0.05, 0.1) is 13.7 Å². The molecule has 4 saturated carbocycles. The molecule has 4 fully saturated rings. The zero-order valence-corrected chi connectivity index (χ0v) is 14.8. The molecule has 0 aliphatic heterocycles. The number of amides is 1. The van der Waals surface area contributed by atoms with Gasteiger partial charge in [0.25, 0.3) is 0 Å². The summed E-state index contributed by atoms with van der Waals surface area (Å²) in [5.74, 6) is 3.55. The van der Waals surface area contributed by atoms with Crippen LogP contribution in [-0.2, 0) is 4.79 Å². The van der Waals surface area contributed by atoms with Crippen molar-refractivity contribution in [3.05, 3.63) is 24.3 Å². The van der Waals surface area contributed by atoms with Crippen molar-refractivity contribution in [3.63, 3.8) is 0 Å². The Hall–Kier alpha value is -1.55.